The molecule has 0 aromatic heterocycles. The normalized spacial score (nSPS) is 16.6. The molecule has 0 aliphatic rings. The second-order valence-electron chi connectivity index (χ2n) is 13.0. The van der Waals surface area contributed by atoms with Gasteiger partial charge < -0.3 is 18.4 Å². The molecule has 4 atom stereocenters. The molecule has 0 radical (unpaired) electrons. The van der Waals surface area contributed by atoms with Crippen molar-refractivity contribution >= 4 is 33.3 Å². The van der Waals surface area contributed by atoms with Gasteiger partial charge in [-0.1, -0.05) is 116 Å². The summed E-state index contributed by atoms with van der Waals surface area (Å²) in [4.78, 5) is 11.9. The van der Waals surface area contributed by atoms with Crippen molar-refractivity contribution in [1.82, 2.24) is 0 Å². The Hall–Kier alpha value is -1.58. The number of hydrogen-bond donors (Lipinski definition) is 0. The van der Waals surface area contributed by atoms with Crippen LogP contribution in [0.1, 0.15) is 55.4 Å². The number of carbonyl (C=O) groups excluding carboxylic acids is 1. The lowest BCUT2D eigenvalue weighted by Crippen LogP contribution is -2.67. The van der Waals surface area contributed by atoms with Gasteiger partial charge in [0.05, 0.1) is 6.10 Å². The van der Waals surface area contributed by atoms with Crippen LogP contribution in [0.25, 0.3) is 0 Å². The molecule has 0 spiro atoms. The van der Waals surface area contributed by atoms with Crippen molar-refractivity contribution in [3.05, 3.63) is 60.7 Å². The topological polar surface area (TPSA) is 44.8 Å². The fraction of sp³-hybridized carbons (Fsp3) is 0.581. The third-order valence-corrected chi connectivity index (χ3v) is 17.7. The number of benzene rings is 2. The highest BCUT2D eigenvalue weighted by molar-refractivity contribution is 6.99. The van der Waals surface area contributed by atoms with Crippen LogP contribution in [-0.2, 0) is 18.4 Å². The number of ether oxygens (including phenoxy) is 1. The standard InChI is InChI=1S/C31H50O4Si2/c1-24(29(25(2)28(22-32)33-9)35-36(10,11)30(3,4)5)23-34-37(31(6,7)8,26-18-14-12-15-19-26)27-20-16-13-17-21-27/h12-22,24-25,28-29H,23H2,1-11H3/t24-,25-,28-,29-/m1/s1. The lowest BCUT2D eigenvalue weighted by Gasteiger charge is -2.46. The third kappa shape index (κ3) is 7.09. The first-order valence-corrected chi connectivity index (χ1v) is 18.3. The maximum Gasteiger partial charge on any atom is 0.261 e. The summed E-state index contributed by atoms with van der Waals surface area (Å²) in [5.41, 5.74) is 0. The van der Waals surface area contributed by atoms with E-state index in [-0.39, 0.29) is 28.0 Å². The highest BCUT2D eigenvalue weighted by Gasteiger charge is 2.51. The van der Waals surface area contributed by atoms with E-state index in [1.54, 1.807) is 7.11 Å². The predicted molar refractivity (Wildman–Crippen MR) is 161 cm³/mol. The fourth-order valence-electron chi connectivity index (χ4n) is 4.95. The molecule has 2 aromatic rings. The zero-order valence-corrected chi connectivity index (χ0v) is 27.0. The van der Waals surface area contributed by atoms with Gasteiger partial charge in [0.15, 0.2) is 8.32 Å². The molecule has 6 heteroatoms. The lowest BCUT2D eigenvalue weighted by molar-refractivity contribution is -0.122. The lowest BCUT2D eigenvalue weighted by atomic mass is 9.90. The Bertz CT molecular complexity index is 925. The zero-order valence-electron chi connectivity index (χ0n) is 25.0. The Balaban J connectivity index is 2.54. The van der Waals surface area contributed by atoms with Crippen LogP contribution in [0.15, 0.2) is 60.7 Å². The van der Waals surface area contributed by atoms with Crippen molar-refractivity contribution in [2.45, 2.75) is 90.8 Å². The summed E-state index contributed by atoms with van der Waals surface area (Å²) in [7, 11) is -3.20. The minimum absolute atomic E-state index is 0.0489. The Kier molecular flexibility index (Phi) is 10.7. The van der Waals surface area contributed by atoms with Gasteiger partial charge in [0.25, 0.3) is 8.32 Å². The Morgan fingerprint density at radius 2 is 1.27 bits per heavy atom. The minimum atomic E-state index is -2.68. The number of methoxy groups -OCH3 is 1. The molecule has 0 N–H and O–H groups in total. The second kappa shape index (κ2) is 12.5. The fourth-order valence-corrected chi connectivity index (χ4v) is 11.1. The van der Waals surface area contributed by atoms with Crippen molar-refractivity contribution in [2.24, 2.45) is 11.8 Å². The van der Waals surface area contributed by atoms with E-state index < -0.39 is 22.7 Å². The highest BCUT2D eigenvalue weighted by Crippen LogP contribution is 2.41. The van der Waals surface area contributed by atoms with Crippen LogP contribution in [0.5, 0.6) is 0 Å². The molecule has 0 saturated heterocycles. The van der Waals surface area contributed by atoms with Gasteiger partial charge in [0.1, 0.15) is 12.4 Å². The van der Waals surface area contributed by atoms with Crippen molar-refractivity contribution in [1.29, 1.82) is 0 Å². The van der Waals surface area contributed by atoms with E-state index in [1.807, 2.05) is 0 Å². The Morgan fingerprint density at radius 1 is 0.811 bits per heavy atom. The van der Waals surface area contributed by atoms with E-state index in [9.17, 15) is 4.79 Å². The first kappa shape index (κ1) is 31.6. The van der Waals surface area contributed by atoms with Gasteiger partial charge in [-0.15, -0.1) is 0 Å². The summed E-state index contributed by atoms with van der Waals surface area (Å²) in [5, 5.41) is 2.47. The van der Waals surface area contributed by atoms with Gasteiger partial charge in [-0.3, -0.25) is 0 Å². The molecule has 0 unspecified atom stereocenters. The molecule has 0 heterocycles. The molecule has 0 bridgehead atoms. The van der Waals surface area contributed by atoms with Crippen LogP contribution < -0.4 is 10.4 Å². The van der Waals surface area contributed by atoms with E-state index in [2.05, 4.69) is 129 Å². The molecule has 0 amide bonds. The number of carbonyl (C=O) groups is 1. The van der Waals surface area contributed by atoms with E-state index in [1.165, 1.54) is 10.4 Å². The largest absolute Gasteiger partial charge is 0.413 e. The monoisotopic (exact) mass is 542 g/mol. The zero-order chi connectivity index (χ0) is 28.1. The highest BCUT2D eigenvalue weighted by atomic mass is 28.4. The first-order valence-electron chi connectivity index (χ1n) is 13.5. The summed E-state index contributed by atoms with van der Waals surface area (Å²) in [6.07, 6.45) is 0.210. The van der Waals surface area contributed by atoms with Gasteiger partial charge in [-0.25, -0.2) is 0 Å². The molecule has 0 aliphatic heterocycles. The minimum Gasteiger partial charge on any atom is -0.413 e. The average molecular weight is 543 g/mol. The number of rotatable bonds is 12. The average Bonchev–Trinajstić information content (AvgIpc) is 2.83. The molecule has 2 aromatic carbocycles. The van der Waals surface area contributed by atoms with Crippen molar-refractivity contribution in [3.63, 3.8) is 0 Å². The smallest absolute Gasteiger partial charge is 0.261 e. The number of hydrogen-bond acceptors (Lipinski definition) is 4. The maximum atomic E-state index is 11.9. The van der Waals surface area contributed by atoms with Gasteiger partial charge in [0.2, 0.25) is 0 Å². The van der Waals surface area contributed by atoms with E-state index in [4.69, 9.17) is 13.6 Å². The maximum absolute atomic E-state index is 11.9. The SMILES string of the molecule is CO[C@H](C=O)[C@@H](C)[C@H](O[Si](C)(C)C(C)(C)C)[C@H](C)CO[Si](c1ccccc1)(c1ccccc1)C(C)(C)C. The van der Waals surface area contributed by atoms with Gasteiger partial charge in [0, 0.05) is 25.6 Å². The van der Waals surface area contributed by atoms with Gasteiger partial charge in [-0.2, -0.15) is 0 Å². The molecule has 206 valence electrons. The second-order valence-corrected chi connectivity index (χ2v) is 22.1. The van der Waals surface area contributed by atoms with Crippen molar-refractivity contribution in [3.8, 4) is 0 Å². The first-order chi connectivity index (χ1) is 17.1. The van der Waals surface area contributed by atoms with Gasteiger partial charge >= 0.3 is 0 Å². The molecule has 4 nitrogen and oxygen atoms in total. The molecule has 37 heavy (non-hydrogen) atoms. The van der Waals surface area contributed by atoms with Crippen LogP contribution in [-0.4, -0.2) is 48.8 Å². The van der Waals surface area contributed by atoms with Crippen LogP contribution >= 0.6 is 0 Å². The van der Waals surface area contributed by atoms with E-state index in [0.717, 1.165) is 6.29 Å². The van der Waals surface area contributed by atoms with Crippen LogP contribution in [0.3, 0.4) is 0 Å². The summed E-state index contributed by atoms with van der Waals surface area (Å²) in [5.74, 6) is -0.0437. The molecular formula is C31H50O4Si2. The molecular weight excluding hydrogens is 493 g/mol. The van der Waals surface area contributed by atoms with Gasteiger partial charge in [-0.05, 0) is 33.5 Å². The van der Waals surface area contributed by atoms with Crippen LogP contribution in [0, 0.1) is 11.8 Å². The van der Waals surface area contributed by atoms with E-state index in [0.29, 0.717) is 6.61 Å². The predicted octanol–water partition coefficient (Wildman–Crippen LogP) is 6.44. The van der Waals surface area contributed by atoms with E-state index >= 15 is 0 Å². The molecule has 0 aliphatic carbocycles. The molecule has 0 saturated carbocycles. The summed E-state index contributed by atoms with van der Waals surface area (Å²) in [6.45, 7) is 23.0. The number of aldehydes is 1. The summed E-state index contributed by atoms with van der Waals surface area (Å²) < 4.78 is 19.8. The summed E-state index contributed by atoms with van der Waals surface area (Å²) >= 11 is 0. The Morgan fingerprint density at radius 3 is 1.62 bits per heavy atom. The van der Waals surface area contributed by atoms with Crippen molar-refractivity contribution < 1.29 is 18.4 Å². The third-order valence-electron chi connectivity index (χ3n) is 8.22. The molecule has 0 fully saturated rings. The van der Waals surface area contributed by atoms with Crippen LogP contribution in [0.2, 0.25) is 23.2 Å². The summed E-state index contributed by atoms with van der Waals surface area (Å²) in [6, 6.07) is 21.4. The molecule has 2 rings (SSSR count). The quantitative estimate of drug-likeness (QED) is 0.229. The Labute approximate surface area is 228 Å². The van der Waals surface area contributed by atoms with Crippen molar-refractivity contribution in [2.75, 3.05) is 13.7 Å². The van der Waals surface area contributed by atoms with Crippen LogP contribution in [0.4, 0.5) is 0 Å².